The number of aryl methyl sites for hydroxylation is 1. The van der Waals surface area contributed by atoms with Crippen LogP contribution in [0.1, 0.15) is 28.7 Å². The van der Waals surface area contributed by atoms with Crippen molar-refractivity contribution in [2.75, 3.05) is 13.7 Å². The zero-order valence-electron chi connectivity index (χ0n) is 17.5. The predicted octanol–water partition coefficient (Wildman–Crippen LogP) is 4.04. The Morgan fingerprint density at radius 1 is 1.19 bits per heavy atom. The molecule has 0 unspecified atom stereocenters. The van der Waals surface area contributed by atoms with Crippen molar-refractivity contribution in [3.8, 4) is 22.8 Å². The molecule has 0 bridgehead atoms. The first kappa shape index (κ1) is 20.2. The van der Waals surface area contributed by atoms with Crippen molar-refractivity contribution >= 4 is 23.0 Å². The zero-order chi connectivity index (χ0) is 21.8. The number of aromatic amines is 2. The van der Waals surface area contributed by atoms with Crippen molar-refractivity contribution < 1.29 is 14.3 Å². The third-order valence-corrected chi connectivity index (χ3v) is 4.88. The second-order valence-corrected chi connectivity index (χ2v) is 6.87. The zero-order valence-corrected chi connectivity index (χ0v) is 17.5. The van der Waals surface area contributed by atoms with Gasteiger partial charge in [-0.15, -0.1) is 0 Å². The Hall–Kier alpha value is -4.07. The van der Waals surface area contributed by atoms with E-state index in [4.69, 9.17) is 9.47 Å². The van der Waals surface area contributed by atoms with Gasteiger partial charge in [-0.05, 0) is 44.2 Å². The van der Waals surface area contributed by atoms with Gasteiger partial charge >= 0.3 is 0 Å². The molecule has 0 radical (unpaired) electrons. The van der Waals surface area contributed by atoms with Crippen molar-refractivity contribution in [2.24, 2.45) is 5.10 Å². The van der Waals surface area contributed by atoms with Crippen molar-refractivity contribution in [2.45, 2.75) is 13.8 Å². The highest BCUT2D eigenvalue weighted by Crippen LogP contribution is 2.32. The molecule has 4 rings (SSSR count). The summed E-state index contributed by atoms with van der Waals surface area (Å²) in [5.74, 6) is 0.876. The monoisotopic (exact) mass is 417 g/mol. The SMILES string of the molecule is CCOc1ccc(-c2cc(C(=O)N/N=C/c3c(C)[nH]c4ccccc34)[nH]n2)cc1OC. The number of hydrogen-bond donors (Lipinski definition) is 3. The first-order valence-corrected chi connectivity index (χ1v) is 9.88. The summed E-state index contributed by atoms with van der Waals surface area (Å²) < 4.78 is 10.9. The maximum Gasteiger partial charge on any atom is 0.289 e. The predicted molar refractivity (Wildman–Crippen MR) is 120 cm³/mol. The number of aromatic nitrogens is 3. The molecule has 0 atom stereocenters. The number of para-hydroxylation sites is 1. The third-order valence-electron chi connectivity index (χ3n) is 4.88. The van der Waals surface area contributed by atoms with Crippen LogP contribution in [0.4, 0.5) is 0 Å². The Morgan fingerprint density at radius 2 is 2.03 bits per heavy atom. The van der Waals surface area contributed by atoms with Gasteiger partial charge in [0.15, 0.2) is 11.5 Å². The van der Waals surface area contributed by atoms with Gasteiger partial charge in [0, 0.05) is 27.7 Å². The molecule has 8 nitrogen and oxygen atoms in total. The molecule has 4 aromatic rings. The summed E-state index contributed by atoms with van der Waals surface area (Å²) in [7, 11) is 1.58. The molecule has 0 aliphatic carbocycles. The molecular formula is C23H23N5O3. The summed E-state index contributed by atoms with van der Waals surface area (Å²) in [5.41, 5.74) is 7.19. The van der Waals surface area contributed by atoms with E-state index in [1.165, 1.54) is 0 Å². The average Bonchev–Trinajstić information content (AvgIpc) is 3.39. The summed E-state index contributed by atoms with van der Waals surface area (Å²) >= 11 is 0. The molecule has 8 heteroatoms. The lowest BCUT2D eigenvalue weighted by molar-refractivity contribution is 0.0950. The number of carbonyl (C=O) groups is 1. The highest BCUT2D eigenvalue weighted by atomic mass is 16.5. The first-order chi connectivity index (χ1) is 15.1. The number of ether oxygens (including phenoxy) is 2. The Kier molecular flexibility index (Phi) is 5.70. The minimum absolute atomic E-state index is 0.302. The van der Waals surface area contributed by atoms with Gasteiger partial charge in [-0.3, -0.25) is 9.89 Å². The molecular weight excluding hydrogens is 394 g/mol. The molecule has 2 heterocycles. The number of H-pyrrole nitrogens is 2. The molecule has 31 heavy (non-hydrogen) atoms. The second kappa shape index (κ2) is 8.74. The molecule has 2 aromatic carbocycles. The Bertz CT molecular complexity index is 1260. The lowest BCUT2D eigenvalue weighted by Crippen LogP contribution is -2.18. The second-order valence-electron chi connectivity index (χ2n) is 6.87. The van der Waals surface area contributed by atoms with Gasteiger partial charge < -0.3 is 14.5 Å². The summed E-state index contributed by atoms with van der Waals surface area (Å²) in [4.78, 5) is 15.8. The van der Waals surface area contributed by atoms with E-state index < -0.39 is 0 Å². The van der Waals surface area contributed by atoms with Crippen LogP contribution in [0.25, 0.3) is 22.2 Å². The van der Waals surface area contributed by atoms with Gasteiger partial charge in [-0.2, -0.15) is 10.2 Å². The largest absolute Gasteiger partial charge is 0.493 e. The van der Waals surface area contributed by atoms with Gasteiger partial charge in [0.2, 0.25) is 0 Å². The number of amides is 1. The van der Waals surface area contributed by atoms with Crippen LogP contribution in [0.15, 0.2) is 53.6 Å². The van der Waals surface area contributed by atoms with Crippen molar-refractivity contribution in [3.63, 3.8) is 0 Å². The van der Waals surface area contributed by atoms with Crippen LogP contribution in [-0.4, -0.2) is 41.0 Å². The Morgan fingerprint density at radius 3 is 2.84 bits per heavy atom. The number of benzene rings is 2. The molecule has 0 aliphatic rings. The lowest BCUT2D eigenvalue weighted by atomic mass is 10.1. The average molecular weight is 417 g/mol. The van der Waals surface area contributed by atoms with E-state index in [1.807, 2.05) is 56.3 Å². The molecule has 158 valence electrons. The van der Waals surface area contributed by atoms with E-state index in [0.717, 1.165) is 27.7 Å². The molecule has 0 saturated heterocycles. The quantitative estimate of drug-likeness (QED) is 0.312. The first-order valence-electron chi connectivity index (χ1n) is 9.88. The van der Waals surface area contributed by atoms with E-state index in [9.17, 15) is 4.79 Å². The fourth-order valence-electron chi connectivity index (χ4n) is 3.37. The summed E-state index contributed by atoms with van der Waals surface area (Å²) in [5, 5.41) is 12.1. The molecule has 2 aromatic heterocycles. The molecule has 0 saturated carbocycles. The normalized spacial score (nSPS) is 11.2. The minimum Gasteiger partial charge on any atom is -0.493 e. The maximum absolute atomic E-state index is 12.5. The number of nitrogens with one attached hydrogen (secondary N) is 3. The van der Waals surface area contributed by atoms with Gasteiger partial charge in [0.1, 0.15) is 5.69 Å². The third kappa shape index (κ3) is 4.13. The van der Waals surface area contributed by atoms with Crippen LogP contribution in [0, 0.1) is 6.92 Å². The van der Waals surface area contributed by atoms with Crippen LogP contribution in [-0.2, 0) is 0 Å². The van der Waals surface area contributed by atoms with Crippen LogP contribution >= 0.6 is 0 Å². The van der Waals surface area contributed by atoms with Crippen molar-refractivity contribution in [3.05, 3.63) is 65.5 Å². The topological polar surface area (TPSA) is 104 Å². The van der Waals surface area contributed by atoms with Gasteiger partial charge in [-0.25, -0.2) is 5.43 Å². The fourth-order valence-corrected chi connectivity index (χ4v) is 3.37. The Balaban J connectivity index is 1.48. The van der Waals surface area contributed by atoms with E-state index in [-0.39, 0.29) is 5.91 Å². The van der Waals surface area contributed by atoms with Crippen molar-refractivity contribution in [1.29, 1.82) is 0 Å². The minimum atomic E-state index is -0.384. The van der Waals surface area contributed by atoms with E-state index in [0.29, 0.717) is 29.5 Å². The highest BCUT2D eigenvalue weighted by molar-refractivity contribution is 6.01. The van der Waals surface area contributed by atoms with Gasteiger partial charge in [-0.1, -0.05) is 18.2 Å². The van der Waals surface area contributed by atoms with Crippen LogP contribution in [0.3, 0.4) is 0 Å². The van der Waals surface area contributed by atoms with Gasteiger partial charge in [0.25, 0.3) is 5.91 Å². The molecule has 3 N–H and O–H groups in total. The fraction of sp³-hybridized carbons (Fsp3) is 0.174. The van der Waals surface area contributed by atoms with Crippen LogP contribution < -0.4 is 14.9 Å². The van der Waals surface area contributed by atoms with E-state index >= 15 is 0 Å². The number of nitrogens with zero attached hydrogens (tertiary/aromatic N) is 2. The standard InChI is InChI=1S/C23H23N5O3/c1-4-31-21-10-9-15(11-22(21)30-3)19-12-20(27-26-19)23(29)28-24-13-17-14(2)25-18-8-6-5-7-16(17)18/h5-13,25H,4H2,1-3H3,(H,26,27)(H,28,29)/b24-13+. The molecule has 0 aliphatic heterocycles. The number of hydrazone groups is 1. The summed E-state index contributed by atoms with van der Waals surface area (Å²) in [6, 6.07) is 15.1. The van der Waals surface area contributed by atoms with Crippen molar-refractivity contribution in [1.82, 2.24) is 20.6 Å². The number of hydrogen-bond acceptors (Lipinski definition) is 5. The van der Waals surface area contributed by atoms with E-state index in [2.05, 4.69) is 25.7 Å². The van der Waals surface area contributed by atoms with Crippen LogP contribution in [0.5, 0.6) is 11.5 Å². The number of carbonyl (C=O) groups excluding carboxylic acids is 1. The lowest BCUT2D eigenvalue weighted by Gasteiger charge is -2.09. The van der Waals surface area contributed by atoms with Gasteiger partial charge in [0.05, 0.1) is 25.6 Å². The summed E-state index contributed by atoms with van der Waals surface area (Å²) in [6.45, 7) is 4.42. The smallest absolute Gasteiger partial charge is 0.289 e. The molecule has 0 fully saturated rings. The highest BCUT2D eigenvalue weighted by Gasteiger charge is 2.13. The van der Waals surface area contributed by atoms with Crippen LogP contribution in [0.2, 0.25) is 0 Å². The maximum atomic E-state index is 12.5. The Labute approximate surface area is 179 Å². The number of methoxy groups -OCH3 is 1. The molecule has 1 amide bonds. The number of rotatable bonds is 7. The summed E-state index contributed by atoms with van der Waals surface area (Å²) in [6.07, 6.45) is 1.64. The van der Waals surface area contributed by atoms with E-state index in [1.54, 1.807) is 19.4 Å². The number of fused-ring (bicyclic) bond motifs is 1. The molecule has 0 spiro atoms.